The Balaban J connectivity index is 1.75. The van der Waals surface area contributed by atoms with Crippen LogP contribution in [0.3, 0.4) is 0 Å². The zero-order valence-electron chi connectivity index (χ0n) is 12.0. The van der Waals surface area contributed by atoms with Gasteiger partial charge in [-0.3, -0.25) is 15.6 Å². The molecule has 0 saturated heterocycles. The zero-order chi connectivity index (χ0) is 15.7. The van der Waals surface area contributed by atoms with Gasteiger partial charge in [0, 0.05) is 22.6 Å². The van der Waals surface area contributed by atoms with Gasteiger partial charge < -0.3 is 0 Å². The van der Waals surface area contributed by atoms with Gasteiger partial charge in [-0.05, 0) is 38.1 Å². The molecule has 2 N–H and O–H groups in total. The maximum absolute atomic E-state index is 12.1. The predicted octanol–water partition coefficient (Wildman–Crippen LogP) is 2.15. The summed E-state index contributed by atoms with van der Waals surface area (Å²) < 4.78 is 1.58. The lowest BCUT2D eigenvalue weighted by Gasteiger charge is -2.06. The van der Waals surface area contributed by atoms with Crippen molar-refractivity contribution in [2.24, 2.45) is 0 Å². The summed E-state index contributed by atoms with van der Waals surface area (Å²) in [6, 6.07) is 6.92. The third-order valence-electron chi connectivity index (χ3n) is 2.93. The third-order valence-corrected chi connectivity index (χ3v) is 3.16. The molecule has 0 fully saturated rings. The number of carbonyl (C=O) groups excluding carboxylic acids is 1. The highest BCUT2D eigenvalue weighted by Gasteiger charge is 2.11. The number of nitrogens with one attached hydrogen (secondary N) is 2. The number of aromatic nitrogens is 4. The number of fused-ring (bicyclic) bond motifs is 1. The van der Waals surface area contributed by atoms with E-state index in [9.17, 15) is 4.79 Å². The summed E-state index contributed by atoms with van der Waals surface area (Å²) >= 11 is 5.91. The molecule has 0 atom stereocenters. The van der Waals surface area contributed by atoms with Crippen molar-refractivity contribution in [3.8, 4) is 0 Å². The number of anilines is 1. The number of nitrogens with zero attached hydrogens (tertiary/aromatic N) is 4. The first-order valence-electron chi connectivity index (χ1n) is 6.55. The van der Waals surface area contributed by atoms with Gasteiger partial charge in [0.05, 0.1) is 5.52 Å². The van der Waals surface area contributed by atoms with Gasteiger partial charge in [-0.1, -0.05) is 11.6 Å². The lowest BCUT2D eigenvalue weighted by Crippen LogP contribution is -2.30. The van der Waals surface area contributed by atoms with Crippen molar-refractivity contribution in [3.63, 3.8) is 0 Å². The Morgan fingerprint density at radius 3 is 2.64 bits per heavy atom. The van der Waals surface area contributed by atoms with Crippen LogP contribution in [0.25, 0.3) is 5.52 Å². The fourth-order valence-electron chi connectivity index (χ4n) is 2.04. The van der Waals surface area contributed by atoms with Crippen molar-refractivity contribution >= 4 is 29.0 Å². The van der Waals surface area contributed by atoms with E-state index in [1.54, 1.807) is 28.9 Å². The van der Waals surface area contributed by atoms with E-state index >= 15 is 0 Å². The summed E-state index contributed by atoms with van der Waals surface area (Å²) in [4.78, 5) is 20.5. The number of halogens is 1. The second-order valence-electron chi connectivity index (χ2n) is 4.80. The Bertz CT molecular complexity index is 839. The maximum atomic E-state index is 12.1. The Morgan fingerprint density at radius 1 is 1.18 bits per heavy atom. The molecule has 0 unspecified atom stereocenters. The molecule has 0 saturated carbocycles. The van der Waals surface area contributed by atoms with Gasteiger partial charge in [-0.2, -0.15) is 5.10 Å². The number of hydrazine groups is 1. The lowest BCUT2D eigenvalue weighted by molar-refractivity contribution is 0.0957. The fraction of sp³-hybridized carbons (Fsp3) is 0.143. The van der Waals surface area contributed by atoms with E-state index in [0.29, 0.717) is 11.0 Å². The lowest BCUT2D eigenvalue weighted by atomic mass is 10.3. The second kappa shape index (κ2) is 5.61. The quantitative estimate of drug-likeness (QED) is 0.723. The van der Waals surface area contributed by atoms with Gasteiger partial charge in [-0.25, -0.2) is 14.5 Å². The minimum absolute atomic E-state index is 0.263. The summed E-state index contributed by atoms with van der Waals surface area (Å²) in [7, 11) is 0. The number of hydrogen-bond donors (Lipinski definition) is 2. The molecule has 8 heteroatoms. The van der Waals surface area contributed by atoms with Crippen LogP contribution in [0, 0.1) is 13.8 Å². The molecule has 0 spiro atoms. The van der Waals surface area contributed by atoms with Crippen molar-refractivity contribution < 1.29 is 4.79 Å². The summed E-state index contributed by atoms with van der Waals surface area (Å²) in [5.74, 6) is -0.0553. The van der Waals surface area contributed by atoms with E-state index < -0.39 is 0 Å². The minimum atomic E-state index is -0.386. The van der Waals surface area contributed by atoms with Crippen LogP contribution in [-0.2, 0) is 0 Å². The van der Waals surface area contributed by atoms with Gasteiger partial charge in [0.15, 0.2) is 5.69 Å². The molecule has 22 heavy (non-hydrogen) atoms. The molecular formula is C14H13ClN6O. The van der Waals surface area contributed by atoms with Gasteiger partial charge in [0.2, 0.25) is 5.95 Å². The highest BCUT2D eigenvalue weighted by atomic mass is 35.5. The molecule has 3 aromatic rings. The van der Waals surface area contributed by atoms with Crippen molar-refractivity contribution in [1.29, 1.82) is 0 Å². The number of hydrogen-bond acceptors (Lipinski definition) is 5. The van der Waals surface area contributed by atoms with E-state index in [1.165, 1.54) is 0 Å². The molecule has 3 heterocycles. The number of amides is 1. The Kier molecular flexibility index (Phi) is 3.64. The first kappa shape index (κ1) is 14.3. The Hall–Kier alpha value is -2.67. The fourth-order valence-corrected chi connectivity index (χ4v) is 2.20. The van der Waals surface area contributed by atoms with E-state index in [4.69, 9.17) is 11.6 Å². The van der Waals surface area contributed by atoms with E-state index in [-0.39, 0.29) is 11.6 Å². The predicted molar refractivity (Wildman–Crippen MR) is 82.8 cm³/mol. The van der Waals surface area contributed by atoms with Crippen LogP contribution in [0.5, 0.6) is 0 Å². The van der Waals surface area contributed by atoms with E-state index in [0.717, 1.165) is 16.9 Å². The van der Waals surface area contributed by atoms with Crippen LogP contribution in [0.1, 0.15) is 21.9 Å². The van der Waals surface area contributed by atoms with Crippen LogP contribution in [0.4, 0.5) is 5.95 Å². The van der Waals surface area contributed by atoms with Gasteiger partial charge in [-0.15, -0.1) is 0 Å². The van der Waals surface area contributed by atoms with Crippen molar-refractivity contribution in [3.05, 3.63) is 52.6 Å². The molecule has 0 radical (unpaired) electrons. The summed E-state index contributed by atoms with van der Waals surface area (Å²) in [6.07, 6.45) is 1.69. The molecule has 1 amide bonds. The molecule has 3 rings (SSSR count). The monoisotopic (exact) mass is 316 g/mol. The SMILES string of the molecule is Cc1cc(C)nc(NNC(=O)c2cc3cc(Cl)ccn3n2)n1. The molecule has 7 nitrogen and oxygen atoms in total. The van der Waals surface area contributed by atoms with E-state index in [1.807, 2.05) is 19.9 Å². The maximum Gasteiger partial charge on any atom is 0.290 e. The Morgan fingerprint density at radius 2 is 1.91 bits per heavy atom. The summed E-state index contributed by atoms with van der Waals surface area (Å²) in [6.45, 7) is 3.71. The van der Waals surface area contributed by atoms with Crippen molar-refractivity contribution in [2.45, 2.75) is 13.8 Å². The smallest absolute Gasteiger partial charge is 0.266 e. The minimum Gasteiger partial charge on any atom is -0.266 e. The molecule has 0 aliphatic rings. The number of carbonyl (C=O) groups is 1. The van der Waals surface area contributed by atoms with E-state index in [2.05, 4.69) is 25.9 Å². The molecule has 0 aromatic carbocycles. The topological polar surface area (TPSA) is 84.2 Å². The highest BCUT2D eigenvalue weighted by molar-refractivity contribution is 6.30. The average molecular weight is 317 g/mol. The van der Waals surface area contributed by atoms with Gasteiger partial charge in [0.25, 0.3) is 5.91 Å². The van der Waals surface area contributed by atoms with Crippen LogP contribution in [0.15, 0.2) is 30.5 Å². The first-order chi connectivity index (χ1) is 10.5. The van der Waals surface area contributed by atoms with Crippen LogP contribution < -0.4 is 10.9 Å². The number of pyridine rings is 1. The first-order valence-corrected chi connectivity index (χ1v) is 6.92. The third kappa shape index (κ3) is 2.99. The molecule has 0 aliphatic carbocycles. The van der Waals surface area contributed by atoms with Crippen LogP contribution in [-0.4, -0.2) is 25.5 Å². The number of rotatable bonds is 3. The molecule has 3 aromatic heterocycles. The molecular weight excluding hydrogens is 304 g/mol. The van der Waals surface area contributed by atoms with Crippen LogP contribution >= 0.6 is 11.6 Å². The number of aryl methyl sites for hydroxylation is 2. The van der Waals surface area contributed by atoms with Gasteiger partial charge in [0.1, 0.15) is 0 Å². The van der Waals surface area contributed by atoms with Crippen molar-refractivity contribution in [1.82, 2.24) is 25.0 Å². The largest absolute Gasteiger partial charge is 0.290 e. The van der Waals surface area contributed by atoms with Crippen LogP contribution in [0.2, 0.25) is 5.02 Å². The zero-order valence-corrected chi connectivity index (χ0v) is 12.7. The standard InChI is InChI=1S/C14H13ClN6O/c1-8-5-9(2)17-14(16-8)19-18-13(22)12-7-11-6-10(15)3-4-21(11)20-12/h3-7H,1-2H3,(H,18,22)(H,16,17,19). The molecule has 0 aliphatic heterocycles. The van der Waals surface area contributed by atoms with Crippen molar-refractivity contribution in [2.75, 3.05) is 5.43 Å². The average Bonchev–Trinajstić information content (AvgIpc) is 2.86. The second-order valence-corrected chi connectivity index (χ2v) is 5.23. The molecule has 112 valence electrons. The summed E-state index contributed by atoms with van der Waals surface area (Å²) in [5.41, 5.74) is 7.83. The normalized spacial score (nSPS) is 10.7. The Labute approximate surface area is 131 Å². The molecule has 0 bridgehead atoms. The van der Waals surface area contributed by atoms with Gasteiger partial charge >= 0.3 is 0 Å². The summed E-state index contributed by atoms with van der Waals surface area (Å²) in [5, 5.41) is 4.75. The highest BCUT2D eigenvalue weighted by Crippen LogP contribution is 2.13.